The summed E-state index contributed by atoms with van der Waals surface area (Å²) in [5.74, 6) is -4.51. The number of aryl methyl sites for hydroxylation is 2. The summed E-state index contributed by atoms with van der Waals surface area (Å²) in [7, 11) is 0. The highest BCUT2D eigenvalue weighted by atomic mass is 32.1. The van der Waals surface area contributed by atoms with Crippen LogP contribution in [0.1, 0.15) is 33.6 Å². The van der Waals surface area contributed by atoms with Crippen LogP contribution in [0.3, 0.4) is 0 Å². The third-order valence-corrected chi connectivity index (χ3v) is 6.94. The van der Waals surface area contributed by atoms with E-state index in [9.17, 15) is 32.0 Å². The van der Waals surface area contributed by atoms with E-state index in [0.29, 0.717) is 29.7 Å². The van der Waals surface area contributed by atoms with Crippen LogP contribution in [0, 0.1) is 18.3 Å². The summed E-state index contributed by atoms with van der Waals surface area (Å²) in [6, 6.07) is 16.5. The lowest BCUT2D eigenvalue weighted by Gasteiger charge is -2.23. The maximum absolute atomic E-state index is 14.5. The molecule has 2 heterocycles. The van der Waals surface area contributed by atoms with Crippen molar-refractivity contribution < 1.29 is 26.7 Å². The molecule has 0 spiro atoms. The summed E-state index contributed by atoms with van der Waals surface area (Å²) in [5.41, 5.74) is -3.82. The standard InChI is InChI=1S/C27H20F5N3O2S/c1-3-24-34-22(16(2)38-24)15-35-23(13-21(20(14-33)25(35)36)26(28,29)27(30,31)32)17-9-11-19(12-10-17)37-18-7-5-4-6-8-18/h4-13H,3,15H2,1-2H3. The van der Waals surface area contributed by atoms with Gasteiger partial charge in [0.2, 0.25) is 0 Å². The monoisotopic (exact) mass is 545 g/mol. The zero-order chi connectivity index (χ0) is 27.7. The number of pyridine rings is 1. The van der Waals surface area contributed by atoms with Crippen LogP contribution in [0.15, 0.2) is 65.5 Å². The minimum Gasteiger partial charge on any atom is -0.457 e. The number of alkyl halides is 5. The second kappa shape index (κ2) is 10.4. The van der Waals surface area contributed by atoms with Crippen LogP contribution < -0.4 is 10.3 Å². The van der Waals surface area contributed by atoms with E-state index >= 15 is 0 Å². The largest absolute Gasteiger partial charge is 0.458 e. The van der Waals surface area contributed by atoms with Gasteiger partial charge in [-0.25, -0.2) is 4.98 Å². The molecule has 0 saturated carbocycles. The Hall–Kier alpha value is -4.04. The Bertz CT molecular complexity index is 1550. The second-order valence-electron chi connectivity index (χ2n) is 8.30. The number of para-hydroxylation sites is 1. The Kier molecular flexibility index (Phi) is 7.37. The van der Waals surface area contributed by atoms with Gasteiger partial charge in [0, 0.05) is 4.88 Å². The molecule has 0 saturated heterocycles. The Morgan fingerprint density at radius 2 is 1.66 bits per heavy atom. The number of rotatable bonds is 7. The topological polar surface area (TPSA) is 67.9 Å². The predicted molar refractivity (Wildman–Crippen MR) is 133 cm³/mol. The van der Waals surface area contributed by atoms with Crippen molar-refractivity contribution >= 4 is 11.3 Å². The smallest absolute Gasteiger partial charge is 0.457 e. The Morgan fingerprint density at radius 3 is 2.21 bits per heavy atom. The number of nitriles is 1. The maximum atomic E-state index is 14.5. The van der Waals surface area contributed by atoms with Gasteiger partial charge in [0.25, 0.3) is 5.56 Å². The molecule has 0 N–H and O–H groups in total. The zero-order valence-corrected chi connectivity index (χ0v) is 21.0. The van der Waals surface area contributed by atoms with Crippen molar-refractivity contribution in [2.24, 2.45) is 0 Å². The number of benzene rings is 2. The molecule has 38 heavy (non-hydrogen) atoms. The van der Waals surface area contributed by atoms with Crippen molar-refractivity contribution in [2.45, 2.75) is 38.9 Å². The molecule has 0 amide bonds. The molecule has 4 rings (SSSR count). The first-order valence-electron chi connectivity index (χ1n) is 11.4. The van der Waals surface area contributed by atoms with E-state index in [4.69, 9.17) is 4.74 Å². The first-order chi connectivity index (χ1) is 18.0. The summed E-state index contributed by atoms with van der Waals surface area (Å²) in [6.45, 7) is 3.44. The van der Waals surface area contributed by atoms with Gasteiger partial charge in [-0.05, 0) is 61.4 Å². The number of hydrogen-bond donors (Lipinski definition) is 0. The van der Waals surface area contributed by atoms with Gasteiger partial charge in [-0.15, -0.1) is 11.3 Å². The molecule has 0 radical (unpaired) electrons. The molecule has 0 aliphatic rings. The maximum Gasteiger partial charge on any atom is 0.458 e. The molecule has 5 nitrogen and oxygen atoms in total. The number of aromatic nitrogens is 2. The van der Waals surface area contributed by atoms with Crippen molar-refractivity contribution in [1.29, 1.82) is 5.26 Å². The van der Waals surface area contributed by atoms with Crippen molar-refractivity contribution in [3.63, 3.8) is 0 Å². The molecule has 2 aromatic heterocycles. The van der Waals surface area contributed by atoms with Crippen LogP contribution in [0.5, 0.6) is 11.5 Å². The average molecular weight is 546 g/mol. The number of ether oxygens (including phenoxy) is 1. The Morgan fingerprint density at radius 1 is 1.03 bits per heavy atom. The summed E-state index contributed by atoms with van der Waals surface area (Å²) in [4.78, 5) is 18.5. The van der Waals surface area contributed by atoms with Crippen molar-refractivity contribution in [2.75, 3.05) is 0 Å². The molecule has 0 aliphatic carbocycles. The van der Waals surface area contributed by atoms with Crippen LogP contribution in [0.4, 0.5) is 22.0 Å². The van der Waals surface area contributed by atoms with E-state index in [1.165, 1.54) is 41.7 Å². The highest BCUT2D eigenvalue weighted by molar-refractivity contribution is 7.11. The molecule has 2 aromatic carbocycles. The minimum atomic E-state index is -6.01. The molecular weight excluding hydrogens is 525 g/mol. The summed E-state index contributed by atoms with van der Waals surface area (Å²) in [6.07, 6.45) is -5.39. The van der Waals surface area contributed by atoms with E-state index in [2.05, 4.69) is 4.98 Å². The molecule has 0 atom stereocenters. The van der Waals surface area contributed by atoms with Gasteiger partial charge in [0.15, 0.2) is 0 Å². The molecule has 4 aromatic rings. The first kappa shape index (κ1) is 27.0. The predicted octanol–water partition coefficient (Wildman–Crippen LogP) is 7.21. The lowest BCUT2D eigenvalue weighted by molar-refractivity contribution is -0.289. The van der Waals surface area contributed by atoms with Crippen molar-refractivity contribution in [3.05, 3.63) is 97.7 Å². The van der Waals surface area contributed by atoms with Crippen LogP contribution in [0.2, 0.25) is 0 Å². The SMILES string of the molecule is CCc1nc(Cn2c(-c3ccc(Oc4ccccc4)cc3)cc(C(F)(F)C(F)(F)F)c(C#N)c2=O)c(C)s1. The van der Waals surface area contributed by atoms with Gasteiger partial charge in [-0.2, -0.15) is 27.2 Å². The van der Waals surface area contributed by atoms with Gasteiger partial charge in [-0.1, -0.05) is 25.1 Å². The van der Waals surface area contributed by atoms with Gasteiger partial charge in [-0.3, -0.25) is 4.79 Å². The lowest BCUT2D eigenvalue weighted by atomic mass is 9.99. The summed E-state index contributed by atoms with van der Waals surface area (Å²) in [5, 5.41) is 10.2. The molecular formula is C27H20F5N3O2S. The highest BCUT2D eigenvalue weighted by Crippen LogP contribution is 2.45. The fraction of sp³-hybridized carbons (Fsp3) is 0.222. The second-order valence-corrected chi connectivity index (χ2v) is 9.58. The van der Waals surface area contributed by atoms with Gasteiger partial charge < -0.3 is 9.30 Å². The normalized spacial score (nSPS) is 11.8. The molecule has 0 fully saturated rings. The fourth-order valence-electron chi connectivity index (χ4n) is 3.80. The van der Waals surface area contributed by atoms with E-state index in [0.717, 1.165) is 14.5 Å². The highest BCUT2D eigenvalue weighted by Gasteiger charge is 2.60. The summed E-state index contributed by atoms with van der Waals surface area (Å²) < 4.78 is 75.7. The molecule has 11 heteroatoms. The van der Waals surface area contributed by atoms with Gasteiger partial charge >= 0.3 is 12.1 Å². The number of hydrogen-bond acceptors (Lipinski definition) is 5. The molecule has 0 bridgehead atoms. The van der Waals surface area contributed by atoms with Crippen LogP contribution >= 0.6 is 11.3 Å². The van der Waals surface area contributed by atoms with E-state index in [1.807, 2.05) is 13.0 Å². The molecule has 0 unspecified atom stereocenters. The zero-order valence-electron chi connectivity index (χ0n) is 20.1. The van der Waals surface area contributed by atoms with Crippen LogP contribution in [0.25, 0.3) is 11.3 Å². The van der Waals surface area contributed by atoms with Crippen LogP contribution in [-0.2, 0) is 18.9 Å². The van der Waals surface area contributed by atoms with Crippen molar-refractivity contribution in [1.82, 2.24) is 9.55 Å². The van der Waals surface area contributed by atoms with Crippen LogP contribution in [-0.4, -0.2) is 15.7 Å². The van der Waals surface area contributed by atoms with Gasteiger partial charge in [0.1, 0.15) is 23.1 Å². The molecule has 196 valence electrons. The van der Waals surface area contributed by atoms with E-state index in [1.54, 1.807) is 31.2 Å². The Labute approximate surface area is 218 Å². The fourth-order valence-corrected chi connectivity index (χ4v) is 4.69. The first-order valence-corrected chi connectivity index (χ1v) is 12.2. The van der Waals surface area contributed by atoms with E-state index < -0.39 is 28.8 Å². The van der Waals surface area contributed by atoms with Gasteiger partial charge in [0.05, 0.1) is 28.5 Å². The number of thiazole rings is 1. The number of nitrogens with zero attached hydrogens (tertiary/aromatic N) is 3. The Balaban J connectivity index is 1.89. The third-order valence-electron chi connectivity index (χ3n) is 5.78. The lowest BCUT2D eigenvalue weighted by Crippen LogP contribution is -2.38. The molecule has 0 aliphatic heterocycles. The summed E-state index contributed by atoms with van der Waals surface area (Å²) >= 11 is 1.39. The number of halogens is 5. The van der Waals surface area contributed by atoms with E-state index in [-0.39, 0.29) is 17.8 Å². The van der Waals surface area contributed by atoms with Crippen molar-refractivity contribution in [3.8, 4) is 28.8 Å². The average Bonchev–Trinajstić information content (AvgIpc) is 3.24. The third kappa shape index (κ3) is 5.17. The quantitative estimate of drug-likeness (QED) is 0.230. The minimum absolute atomic E-state index is 0.176.